The number of fused-ring (bicyclic) bond motifs is 1. The van der Waals surface area contributed by atoms with Crippen molar-refractivity contribution in [1.82, 2.24) is 29.7 Å². The van der Waals surface area contributed by atoms with E-state index in [9.17, 15) is 4.57 Å². The third kappa shape index (κ3) is 5.67. The van der Waals surface area contributed by atoms with Crippen molar-refractivity contribution in [3.05, 3.63) is 65.8 Å². The first-order chi connectivity index (χ1) is 20.3. The van der Waals surface area contributed by atoms with Crippen LogP contribution < -0.4 is 25.6 Å². The molecule has 0 aliphatic carbocycles. The third-order valence-electron chi connectivity index (χ3n) is 6.80. The fraction of sp³-hybridized carbons (Fsp3) is 0.250. The zero-order valence-corrected chi connectivity index (χ0v) is 25.8. The van der Waals surface area contributed by atoms with Crippen molar-refractivity contribution >= 4 is 68.2 Å². The molecule has 1 aliphatic rings. The van der Waals surface area contributed by atoms with Crippen LogP contribution in [0.4, 0.5) is 28.8 Å². The maximum atomic E-state index is 13.4. The second kappa shape index (κ2) is 11.7. The molecule has 0 radical (unpaired) electrons. The van der Waals surface area contributed by atoms with E-state index in [0.29, 0.717) is 62.9 Å². The highest BCUT2D eigenvalue weighted by molar-refractivity contribution is 9.10. The van der Waals surface area contributed by atoms with E-state index in [-0.39, 0.29) is 0 Å². The number of benzene rings is 2. The Labute approximate surface area is 251 Å². The Hall–Kier alpha value is -4.06. The zero-order valence-electron chi connectivity index (χ0n) is 23.3. The number of ether oxygens (including phenoxy) is 2. The van der Waals surface area contributed by atoms with Crippen LogP contribution in [-0.2, 0) is 9.30 Å². The first kappa shape index (κ1) is 28.1. The molecule has 0 spiro atoms. The van der Waals surface area contributed by atoms with E-state index in [4.69, 9.17) is 14.5 Å². The minimum atomic E-state index is -2.75. The van der Waals surface area contributed by atoms with Gasteiger partial charge < -0.3 is 29.6 Å². The average Bonchev–Trinajstić information content (AvgIpc) is 3.53. The molecule has 0 amide bonds. The fourth-order valence-corrected chi connectivity index (χ4v) is 6.59. The average molecular weight is 650 g/mol. The molecule has 42 heavy (non-hydrogen) atoms. The van der Waals surface area contributed by atoms with Crippen molar-refractivity contribution < 1.29 is 14.0 Å². The zero-order chi connectivity index (χ0) is 29.3. The Bertz CT molecular complexity index is 1790. The van der Waals surface area contributed by atoms with Gasteiger partial charge >= 0.3 is 0 Å². The van der Waals surface area contributed by atoms with E-state index in [1.807, 2.05) is 41.2 Å². The van der Waals surface area contributed by atoms with Crippen molar-refractivity contribution in [2.24, 2.45) is 0 Å². The van der Waals surface area contributed by atoms with Crippen molar-refractivity contribution in [1.29, 1.82) is 0 Å². The smallest absolute Gasteiger partial charge is 0.229 e. The van der Waals surface area contributed by atoms with Crippen LogP contribution in [-0.4, -0.2) is 76.5 Å². The van der Waals surface area contributed by atoms with E-state index in [1.54, 1.807) is 45.2 Å². The number of nitrogens with one attached hydrogen (secondary N) is 2. The van der Waals surface area contributed by atoms with Gasteiger partial charge in [-0.25, -0.2) is 9.67 Å². The Morgan fingerprint density at radius 1 is 1.00 bits per heavy atom. The lowest BCUT2D eigenvalue weighted by atomic mass is 10.2. The van der Waals surface area contributed by atoms with Gasteiger partial charge in [-0.1, -0.05) is 0 Å². The number of morpholine rings is 1. The summed E-state index contributed by atoms with van der Waals surface area (Å²) in [6.45, 7) is 6.27. The normalized spacial score (nSPS) is 13.8. The predicted molar refractivity (Wildman–Crippen MR) is 168 cm³/mol. The minimum Gasteiger partial charge on any atom is -0.494 e. The lowest BCUT2D eigenvalue weighted by Crippen LogP contribution is -2.36. The fourth-order valence-electron chi connectivity index (χ4n) is 4.91. The molecule has 4 heterocycles. The highest BCUT2D eigenvalue weighted by atomic mass is 79.9. The monoisotopic (exact) mass is 649 g/mol. The van der Waals surface area contributed by atoms with Gasteiger partial charge in [-0.3, -0.25) is 9.97 Å². The summed E-state index contributed by atoms with van der Waals surface area (Å²) in [6, 6.07) is 9.53. The van der Waals surface area contributed by atoms with Gasteiger partial charge in [-0.05, 0) is 53.5 Å². The van der Waals surface area contributed by atoms with Gasteiger partial charge in [0.15, 0.2) is 0 Å². The summed E-state index contributed by atoms with van der Waals surface area (Å²) in [6.07, 6.45) is 8.52. The van der Waals surface area contributed by atoms with Crippen LogP contribution in [0, 0.1) is 0 Å². The van der Waals surface area contributed by atoms with Crippen LogP contribution in [0.1, 0.15) is 0 Å². The molecule has 1 fully saturated rings. The Kier molecular flexibility index (Phi) is 7.80. The number of anilines is 5. The summed E-state index contributed by atoms with van der Waals surface area (Å²) >= 11 is 3.55. The topological polar surface area (TPSA) is 132 Å². The number of nitrogens with zero attached hydrogens (tertiary/aromatic N) is 7. The van der Waals surface area contributed by atoms with Crippen LogP contribution in [0.3, 0.4) is 0 Å². The molecule has 0 unspecified atom stereocenters. The molecule has 0 bridgehead atoms. The molecule has 6 rings (SSSR count). The van der Waals surface area contributed by atoms with E-state index in [0.717, 1.165) is 24.5 Å². The summed E-state index contributed by atoms with van der Waals surface area (Å²) < 4.78 is 27.2. The predicted octanol–water partition coefficient (Wildman–Crippen LogP) is 4.95. The van der Waals surface area contributed by atoms with Gasteiger partial charge in [0.1, 0.15) is 24.2 Å². The van der Waals surface area contributed by atoms with Gasteiger partial charge in [-0.2, -0.15) is 10.1 Å². The molecular weight excluding hydrogens is 621 g/mol. The first-order valence-electron chi connectivity index (χ1n) is 13.2. The maximum absolute atomic E-state index is 13.4. The van der Waals surface area contributed by atoms with Gasteiger partial charge in [0.2, 0.25) is 5.95 Å². The Morgan fingerprint density at radius 2 is 1.81 bits per heavy atom. The summed E-state index contributed by atoms with van der Waals surface area (Å²) in [7, 11) is -1.12. The van der Waals surface area contributed by atoms with E-state index in [1.165, 1.54) is 0 Å². The third-order valence-corrected chi connectivity index (χ3v) is 8.91. The molecule has 2 aromatic carbocycles. The number of rotatable bonds is 8. The van der Waals surface area contributed by atoms with Gasteiger partial charge in [-0.15, -0.1) is 0 Å². The molecule has 0 saturated carbocycles. The standard InChI is InChI=1S/C28H29BrN9O3P/c1-40-24-16-22(37-11-13-41-14-12-37)23(38-10-4-7-33-38)15-21(24)35-28-32-17-18(29)27(36-28)34-20-6-5-19-25(31-9-8-30-19)26(20)42(2,3)39/h4-10,15-17H,11-14H2,1-3H3,(H2,32,34,35,36). The highest BCUT2D eigenvalue weighted by Crippen LogP contribution is 2.42. The van der Waals surface area contributed by atoms with Crippen molar-refractivity contribution in [3.63, 3.8) is 0 Å². The van der Waals surface area contributed by atoms with Gasteiger partial charge in [0.05, 0.1) is 58.4 Å². The SMILES string of the molecule is COc1cc(N2CCOCC2)c(-n2cccn2)cc1Nc1ncc(Br)c(Nc2ccc3nccnc3c2P(C)(C)=O)n1. The summed E-state index contributed by atoms with van der Waals surface area (Å²) in [5.74, 6) is 1.45. The quantitative estimate of drug-likeness (QED) is 0.221. The van der Waals surface area contributed by atoms with Crippen LogP contribution in [0.2, 0.25) is 0 Å². The van der Waals surface area contributed by atoms with Crippen LogP contribution >= 0.6 is 23.1 Å². The second-order valence-electron chi connectivity index (χ2n) is 9.97. The first-order valence-corrected chi connectivity index (χ1v) is 16.6. The largest absolute Gasteiger partial charge is 0.494 e. The Morgan fingerprint density at radius 3 is 2.55 bits per heavy atom. The molecule has 2 N–H and O–H groups in total. The molecule has 12 nitrogen and oxygen atoms in total. The summed E-state index contributed by atoms with van der Waals surface area (Å²) in [5.41, 5.74) is 4.43. The van der Waals surface area contributed by atoms with Gasteiger partial charge in [0.25, 0.3) is 0 Å². The van der Waals surface area contributed by atoms with Crippen molar-refractivity contribution in [3.8, 4) is 11.4 Å². The van der Waals surface area contributed by atoms with Crippen molar-refractivity contribution in [2.75, 3.05) is 62.3 Å². The molecule has 14 heteroatoms. The molecule has 5 aromatic rings. The molecule has 1 aliphatic heterocycles. The summed E-state index contributed by atoms with van der Waals surface area (Å²) in [5, 5.41) is 11.7. The number of aromatic nitrogens is 6. The minimum absolute atomic E-state index is 0.336. The highest BCUT2D eigenvalue weighted by Gasteiger charge is 2.23. The van der Waals surface area contributed by atoms with Crippen LogP contribution in [0.25, 0.3) is 16.7 Å². The summed E-state index contributed by atoms with van der Waals surface area (Å²) in [4.78, 5) is 20.3. The molecular formula is C28H29BrN9O3P. The van der Waals surface area contributed by atoms with Crippen LogP contribution in [0.5, 0.6) is 5.75 Å². The number of halogens is 1. The number of methoxy groups -OCH3 is 1. The van der Waals surface area contributed by atoms with E-state index < -0.39 is 7.14 Å². The number of hydrogen-bond acceptors (Lipinski definition) is 11. The van der Waals surface area contributed by atoms with E-state index >= 15 is 0 Å². The molecule has 1 saturated heterocycles. The van der Waals surface area contributed by atoms with E-state index in [2.05, 4.69) is 51.5 Å². The lowest BCUT2D eigenvalue weighted by Gasteiger charge is -2.31. The lowest BCUT2D eigenvalue weighted by molar-refractivity contribution is 0.122. The number of hydrogen-bond donors (Lipinski definition) is 2. The second-order valence-corrected chi connectivity index (χ2v) is 14.0. The van der Waals surface area contributed by atoms with Crippen LogP contribution in [0.15, 0.2) is 65.8 Å². The molecule has 3 aromatic heterocycles. The van der Waals surface area contributed by atoms with Gasteiger partial charge in [0, 0.05) is 50.1 Å². The Balaban J connectivity index is 1.37. The molecule has 0 atom stereocenters. The molecule has 216 valence electrons. The van der Waals surface area contributed by atoms with Crippen molar-refractivity contribution in [2.45, 2.75) is 0 Å². The maximum Gasteiger partial charge on any atom is 0.229 e.